The largest absolute Gasteiger partial charge is 0.435 e. The van der Waals surface area contributed by atoms with Gasteiger partial charge in [0.1, 0.15) is 5.75 Å². The summed E-state index contributed by atoms with van der Waals surface area (Å²) >= 11 is 1.83. The number of halogens is 2. The van der Waals surface area contributed by atoms with Crippen molar-refractivity contribution in [3.8, 4) is 5.75 Å². The fraction of sp³-hybridized carbons (Fsp3) is 0.316. The number of alkyl halides is 2. The highest BCUT2D eigenvalue weighted by molar-refractivity contribution is 7.99. The van der Waals surface area contributed by atoms with Crippen LogP contribution in [0.3, 0.4) is 0 Å². The fourth-order valence-electron chi connectivity index (χ4n) is 2.24. The van der Waals surface area contributed by atoms with E-state index < -0.39 is 6.61 Å². The lowest BCUT2D eigenvalue weighted by molar-refractivity contribution is -0.0498. The highest BCUT2D eigenvalue weighted by atomic mass is 32.2. The molecule has 0 unspecified atom stereocenters. The van der Waals surface area contributed by atoms with Gasteiger partial charge in [0.25, 0.3) is 5.91 Å². The number of nitrogens with one attached hydrogen (secondary N) is 1. The van der Waals surface area contributed by atoms with Crippen LogP contribution >= 0.6 is 11.8 Å². The van der Waals surface area contributed by atoms with E-state index in [1.807, 2.05) is 36.9 Å². The van der Waals surface area contributed by atoms with Gasteiger partial charge in [0.05, 0.1) is 0 Å². The van der Waals surface area contributed by atoms with E-state index in [0.29, 0.717) is 10.9 Å². The molecule has 3 nitrogen and oxygen atoms in total. The van der Waals surface area contributed by atoms with Crippen LogP contribution in [0.15, 0.2) is 42.5 Å². The van der Waals surface area contributed by atoms with E-state index in [2.05, 4.69) is 23.9 Å². The number of anilines is 1. The SMILES string of the molecule is Cc1c(CSC(C)C)cccc1NC(=O)c1cccc(OC(F)F)c1. The second kappa shape index (κ2) is 8.85. The van der Waals surface area contributed by atoms with Crippen LogP contribution in [0.25, 0.3) is 0 Å². The standard InChI is InChI=1S/C19H21F2NO2S/c1-12(2)25-11-15-7-5-9-17(13(15)3)22-18(23)14-6-4-8-16(10-14)24-19(20)21/h4-10,12,19H,11H2,1-3H3,(H,22,23). The molecule has 1 N–H and O–H groups in total. The van der Waals surface area contributed by atoms with Crippen LogP contribution in [0, 0.1) is 6.92 Å². The lowest BCUT2D eigenvalue weighted by Crippen LogP contribution is -2.13. The van der Waals surface area contributed by atoms with Crippen molar-refractivity contribution in [1.82, 2.24) is 0 Å². The Hall–Kier alpha value is -2.08. The van der Waals surface area contributed by atoms with Crippen molar-refractivity contribution in [2.45, 2.75) is 38.4 Å². The Kier molecular flexibility index (Phi) is 6.82. The van der Waals surface area contributed by atoms with Gasteiger partial charge in [-0.15, -0.1) is 0 Å². The van der Waals surface area contributed by atoms with Crippen molar-refractivity contribution in [3.63, 3.8) is 0 Å². The van der Waals surface area contributed by atoms with E-state index >= 15 is 0 Å². The van der Waals surface area contributed by atoms with Crippen molar-refractivity contribution in [2.24, 2.45) is 0 Å². The molecule has 0 atom stereocenters. The molecular weight excluding hydrogens is 344 g/mol. The average Bonchev–Trinajstić information content (AvgIpc) is 2.55. The Balaban J connectivity index is 2.14. The van der Waals surface area contributed by atoms with E-state index in [-0.39, 0.29) is 17.2 Å². The summed E-state index contributed by atoms with van der Waals surface area (Å²) in [6.45, 7) is 3.32. The molecule has 0 spiro atoms. The Morgan fingerprint density at radius 3 is 2.60 bits per heavy atom. The molecule has 0 aliphatic carbocycles. The zero-order valence-electron chi connectivity index (χ0n) is 14.4. The third-order valence-corrected chi connectivity index (χ3v) is 4.73. The quantitative estimate of drug-likeness (QED) is 0.705. The number of rotatable bonds is 7. The normalized spacial score (nSPS) is 11.0. The minimum absolute atomic E-state index is 0.0403. The number of amides is 1. The van der Waals surface area contributed by atoms with Gasteiger partial charge in [-0.05, 0) is 47.6 Å². The molecule has 0 radical (unpaired) electrons. The van der Waals surface area contributed by atoms with Crippen LogP contribution in [0.4, 0.5) is 14.5 Å². The van der Waals surface area contributed by atoms with Gasteiger partial charge in [0.15, 0.2) is 0 Å². The maximum absolute atomic E-state index is 12.4. The first-order chi connectivity index (χ1) is 11.9. The topological polar surface area (TPSA) is 38.3 Å². The summed E-state index contributed by atoms with van der Waals surface area (Å²) in [5.74, 6) is 0.461. The molecule has 0 aromatic heterocycles. The van der Waals surface area contributed by atoms with Crippen LogP contribution < -0.4 is 10.1 Å². The lowest BCUT2D eigenvalue weighted by Gasteiger charge is -2.14. The molecule has 6 heteroatoms. The fourth-order valence-corrected chi connectivity index (χ4v) is 3.07. The molecule has 0 bridgehead atoms. The maximum Gasteiger partial charge on any atom is 0.387 e. The molecule has 0 aliphatic heterocycles. The van der Waals surface area contributed by atoms with Crippen molar-refractivity contribution < 1.29 is 18.3 Å². The second-order valence-electron chi connectivity index (χ2n) is 5.81. The minimum atomic E-state index is -2.92. The van der Waals surface area contributed by atoms with Gasteiger partial charge in [-0.25, -0.2) is 0 Å². The summed E-state index contributed by atoms with van der Waals surface area (Å²) in [6, 6.07) is 11.5. The molecule has 0 saturated heterocycles. The van der Waals surface area contributed by atoms with Crippen molar-refractivity contribution in [2.75, 3.05) is 5.32 Å². The van der Waals surface area contributed by atoms with Gasteiger partial charge in [-0.1, -0.05) is 32.0 Å². The molecule has 25 heavy (non-hydrogen) atoms. The molecule has 2 aromatic rings. The summed E-state index contributed by atoms with van der Waals surface area (Å²) < 4.78 is 28.9. The Morgan fingerprint density at radius 2 is 1.92 bits per heavy atom. The zero-order chi connectivity index (χ0) is 18.4. The number of benzene rings is 2. The third kappa shape index (κ3) is 5.74. The first-order valence-electron chi connectivity index (χ1n) is 7.93. The lowest BCUT2D eigenvalue weighted by atomic mass is 10.1. The van der Waals surface area contributed by atoms with E-state index in [1.165, 1.54) is 18.2 Å². The highest BCUT2D eigenvalue weighted by Crippen LogP contribution is 2.25. The number of carbonyl (C=O) groups is 1. The van der Waals surface area contributed by atoms with Gasteiger partial charge in [-0.3, -0.25) is 4.79 Å². The summed E-state index contributed by atoms with van der Waals surface area (Å²) in [6.07, 6.45) is 0. The number of hydrogen-bond acceptors (Lipinski definition) is 3. The highest BCUT2D eigenvalue weighted by Gasteiger charge is 2.12. The van der Waals surface area contributed by atoms with Crippen molar-refractivity contribution >= 4 is 23.4 Å². The van der Waals surface area contributed by atoms with E-state index in [9.17, 15) is 13.6 Å². The Morgan fingerprint density at radius 1 is 1.20 bits per heavy atom. The van der Waals surface area contributed by atoms with Crippen LogP contribution in [0.2, 0.25) is 0 Å². The molecule has 2 aromatic carbocycles. The van der Waals surface area contributed by atoms with Crippen LogP contribution in [0.5, 0.6) is 5.75 Å². The molecule has 134 valence electrons. The number of carbonyl (C=O) groups excluding carboxylic acids is 1. The molecule has 2 rings (SSSR count). The average molecular weight is 365 g/mol. The van der Waals surface area contributed by atoms with Gasteiger partial charge < -0.3 is 10.1 Å². The first-order valence-corrected chi connectivity index (χ1v) is 8.98. The predicted molar refractivity (Wildman–Crippen MR) is 98.6 cm³/mol. The zero-order valence-corrected chi connectivity index (χ0v) is 15.2. The Bertz CT molecular complexity index is 735. The molecule has 0 saturated carbocycles. The summed E-state index contributed by atoms with van der Waals surface area (Å²) in [4.78, 5) is 12.4. The molecule has 0 aliphatic rings. The molecule has 0 heterocycles. The van der Waals surface area contributed by atoms with Gasteiger partial charge in [0.2, 0.25) is 0 Å². The van der Waals surface area contributed by atoms with Gasteiger partial charge in [-0.2, -0.15) is 20.5 Å². The monoisotopic (exact) mass is 365 g/mol. The smallest absolute Gasteiger partial charge is 0.387 e. The second-order valence-corrected chi connectivity index (χ2v) is 7.37. The van der Waals surface area contributed by atoms with Crippen LogP contribution in [-0.4, -0.2) is 17.8 Å². The first kappa shape index (κ1) is 19.2. The Labute approximate surface area is 150 Å². The van der Waals surface area contributed by atoms with E-state index in [0.717, 1.165) is 16.9 Å². The van der Waals surface area contributed by atoms with Gasteiger partial charge >= 0.3 is 6.61 Å². The van der Waals surface area contributed by atoms with Gasteiger partial charge in [0, 0.05) is 17.0 Å². The van der Waals surface area contributed by atoms with Crippen molar-refractivity contribution in [3.05, 3.63) is 59.2 Å². The molecule has 0 fully saturated rings. The van der Waals surface area contributed by atoms with E-state index in [1.54, 1.807) is 6.07 Å². The third-order valence-electron chi connectivity index (χ3n) is 3.59. The maximum atomic E-state index is 12.4. The molecule has 1 amide bonds. The number of ether oxygens (including phenoxy) is 1. The summed E-state index contributed by atoms with van der Waals surface area (Å²) in [5, 5.41) is 3.37. The van der Waals surface area contributed by atoms with Crippen molar-refractivity contribution in [1.29, 1.82) is 0 Å². The summed E-state index contributed by atoms with van der Waals surface area (Å²) in [5.41, 5.74) is 3.14. The van der Waals surface area contributed by atoms with Crippen LogP contribution in [0.1, 0.15) is 35.3 Å². The summed E-state index contributed by atoms with van der Waals surface area (Å²) in [7, 11) is 0. The predicted octanol–water partition coefficient (Wildman–Crippen LogP) is 5.49. The van der Waals surface area contributed by atoms with E-state index in [4.69, 9.17) is 0 Å². The number of thioether (sulfide) groups is 1. The minimum Gasteiger partial charge on any atom is -0.435 e. The molecular formula is C19H21F2NO2S. The number of hydrogen-bond donors (Lipinski definition) is 1. The van der Waals surface area contributed by atoms with Crippen LogP contribution in [-0.2, 0) is 5.75 Å².